The maximum absolute atomic E-state index is 12.2. The molecule has 0 aliphatic rings. The third-order valence-electron chi connectivity index (χ3n) is 3.43. The van der Waals surface area contributed by atoms with Crippen molar-refractivity contribution >= 4 is 41.5 Å². The average Bonchev–Trinajstić information content (AvgIpc) is 2.59. The maximum Gasteiger partial charge on any atom is 0.322 e. The molecule has 0 bridgehead atoms. The molecule has 0 rings (SSSR count). The fraction of sp³-hybridized carbons (Fsp3) is 0.706. The van der Waals surface area contributed by atoms with Gasteiger partial charge in [-0.2, -0.15) is 11.8 Å². The molecule has 11 nitrogen and oxygen atoms in total. The number of carbonyl (C=O) groups excluding carboxylic acids is 3. The number of esters is 1. The average molecular weight is 435 g/mol. The summed E-state index contributed by atoms with van der Waals surface area (Å²) >= 11 is 1.23. The van der Waals surface area contributed by atoms with E-state index in [1.54, 1.807) is 20.8 Å². The summed E-state index contributed by atoms with van der Waals surface area (Å²) in [7, 11) is 0. The zero-order chi connectivity index (χ0) is 22.6. The molecule has 0 radical (unpaired) electrons. The zero-order valence-corrected chi connectivity index (χ0v) is 17.5. The fourth-order valence-corrected chi connectivity index (χ4v) is 3.02. The van der Waals surface area contributed by atoms with E-state index >= 15 is 0 Å². The van der Waals surface area contributed by atoms with Gasteiger partial charge in [-0.3, -0.25) is 24.0 Å². The highest BCUT2D eigenvalue weighted by molar-refractivity contribution is 7.99. The van der Waals surface area contributed by atoms with Gasteiger partial charge in [-0.1, -0.05) is 6.92 Å². The Morgan fingerprint density at radius 2 is 1.72 bits per heavy atom. The van der Waals surface area contributed by atoms with Gasteiger partial charge in [0.1, 0.15) is 18.6 Å². The molecule has 3 atom stereocenters. The number of thioether (sulfide) groups is 1. The molecule has 12 heteroatoms. The first kappa shape index (κ1) is 26.7. The molecule has 0 aliphatic carbocycles. The molecule has 6 N–H and O–H groups in total. The molecular formula is C17H29N3O8S. The molecule has 0 aromatic heterocycles. The van der Waals surface area contributed by atoms with Crippen LogP contribution in [0.1, 0.15) is 40.0 Å². The van der Waals surface area contributed by atoms with Crippen LogP contribution in [0.15, 0.2) is 0 Å². The number of ether oxygens (including phenoxy) is 1. The standard InChI is InChI=1S/C17H29N3O8S/c1-9(2)28-15(24)6-10(3)29-8-12(16(25)19-7-14(22)23)20-13(21)5-4-11(18)17(26)27/h9-12H,4-8,18H2,1-3H3,(H,19,25)(H,20,21)(H,22,23)(H,26,27). The van der Waals surface area contributed by atoms with Crippen LogP contribution in [0.4, 0.5) is 0 Å². The van der Waals surface area contributed by atoms with Gasteiger partial charge in [0.15, 0.2) is 0 Å². The van der Waals surface area contributed by atoms with Crippen molar-refractivity contribution in [2.24, 2.45) is 5.73 Å². The molecule has 0 saturated heterocycles. The number of amides is 2. The van der Waals surface area contributed by atoms with E-state index in [4.69, 9.17) is 20.7 Å². The molecular weight excluding hydrogens is 406 g/mol. The highest BCUT2D eigenvalue weighted by atomic mass is 32.2. The number of carboxylic acids is 2. The number of nitrogens with two attached hydrogens (primary N) is 1. The second kappa shape index (κ2) is 13.8. The summed E-state index contributed by atoms with van der Waals surface area (Å²) in [5.41, 5.74) is 5.34. The molecule has 3 unspecified atom stereocenters. The van der Waals surface area contributed by atoms with Gasteiger partial charge in [-0.05, 0) is 20.3 Å². The first-order valence-corrected chi connectivity index (χ1v) is 10.1. The minimum atomic E-state index is -1.24. The number of aliphatic carboxylic acids is 2. The second-order valence-electron chi connectivity index (χ2n) is 6.60. The van der Waals surface area contributed by atoms with Gasteiger partial charge in [0, 0.05) is 17.4 Å². The van der Waals surface area contributed by atoms with Crippen molar-refractivity contribution in [2.75, 3.05) is 12.3 Å². The van der Waals surface area contributed by atoms with Gasteiger partial charge >= 0.3 is 17.9 Å². The number of carboxylic acid groups (broad SMARTS) is 2. The van der Waals surface area contributed by atoms with Crippen molar-refractivity contribution in [3.8, 4) is 0 Å². The number of hydrogen-bond acceptors (Lipinski definition) is 8. The van der Waals surface area contributed by atoms with E-state index in [9.17, 15) is 24.0 Å². The highest BCUT2D eigenvalue weighted by Gasteiger charge is 2.24. The Hall–Kier alpha value is -2.34. The molecule has 0 spiro atoms. The Morgan fingerprint density at radius 3 is 2.24 bits per heavy atom. The van der Waals surface area contributed by atoms with Crippen LogP contribution in [0.25, 0.3) is 0 Å². The lowest BCUT2D eigenvalue weighted by Gasteiger charge is -2.20. The van der Waals surface area contributed by atoms with Gasteiger partial charge in [-0.15, -0.1) is 0 Å². The summed E-state index contributed by atoms with van der Waals surface area (Å²) in [6.07, 6.45) is -0.467. The van der Waals surface area contributed by atoms with Crippen LogP contribution < -0.4 is 16.4 Å². The zero-order valence-electron chi connectivity index (χ0n) is 16.7. The van der Waals surface area contributed by atoms with Crippen LogP contribution in [0.5, 0.6) is 0 Å². The van der Waals surface area contributed by atoms with Gasteiger partial charge < -0.3 is 31.3 Å². The summed E-state index contributed by atoms with van der Waals surface area (Å²) in [4.78, 5) is 57.3. The summed E-state index contributed by atoms with van der Waals surface area (Å²) in [6.45, 7) is 4.59. The van der Waals surface area contributed by atoms with Crippen LogP contribution in [-0.4, -0.2) is 75.7 Å². The summed E-state index contributed by atoms with van der Waals surface area (Å²) < 4.78 is 5.05. The SMILES string of the molecule is CC(C)OC(=O)CC(C)SCC(NC(=O)CCC(N)C(=O)O)C(=O)NCC(=O)O. The van der Waals surface area contributed by atoms with Crippen molar-refractivity contribution in [2.45, 2.75) is 63.5 Å². The van der Waals surface area contributed by atoms with Crippen molar-refractivity contribution in [1.82, 2.24) is 10.6 Å². The topological polar surface area (TPSA) is 185 Å². The quantitative estimate of drug-likeness (QED) is 0.219. The minimum absolute atomic E-state index is 0.0816. The Labute approximate surface area is 173 Å². The van der Waals surface area contributed by atoms with Gasteiger partial charge in [0.25, 0.3) is 0 Å². The molecule has 0 saturated carbocycles. The van der Waals surface area contributed by atoms with Gasteiger partial charge in [-0.25, -0.2) is 0 Å². The van der Waals surface area contributed by atoms with E-state index in [1.165, 1.54) is 11.8 Å². The molecule has 0 heterocycles. The van der Waals surface area contributed by atoms with Crippen molar-refractivity contribution in [3.05, 3.63) is 0 Å². The summed E-state index contributed by atoms with van der Waals surface area (Å²) in [5.74, 6) is -4.09. The van der Waals surface area contributed by atoms with Crippen LogP contribution in [0, 0.1) is 0 Å². The molecule has 0 aromatic carbocycles. The van der Waals surface area contributed by atoms with Gasteiger partial charge in [0.2, 0.25) is 11.8 Å². The number of carbonyl (C=O) groups is 5. The molecule has 29 heavy (non-hydrogen) atoms. The lowest BCUT2D eigenvalue weighted by molar-refractivity contribution is -0.147. The fourth-order valence-electron chi connectivity index (χ4n) is 2.01. The first-order valence-electron chi connectivity index (χ1n) is 9.00. The van der Waals surface area contributed by atoms with Crippen LogP contribution in [0.2, 0.25) is 0 Å². The van der Waals surface area contributed by atoms with Crippen LogP contribution in [-0.2, 0) is 28.7 Å². The minimum Gasteiger partial charge on any atom is -0.480 e. The maximum atomic E-state index is 12.2. The van der Waals surface area contributed by atoms with Crippen molar-refractivity contribution in [3.63, 3.8) is 0 Å². The van der Waals surface area contributed by atoms with Crippen LogP contribution in [0.3, 0.4) is 0 Å². The third-order valence-corrected chi connectivity index (χ3v) is 4.70. The van der Waals surface area contributed by atoms with E-state index < -0.39 is 48.4 Å². The monoisotopic (exact) mass is 435 g/mol. The molecule has 2 amide bonds. The number of rotatable bonds is 14. The lowest BCUT2D eigenvalue weighted by Crippen LogP contribution is -2.49. The number of hydrogen-bond donors (Lipinski definition) is 5. The van der Waals surface area contributed by atoms with Crippen LogP contribution >= 0.6 is 11.8 Å². The van der Waals surface area contributed by atoms with E-state index in [-0.39, 0.29) is 36.4 Å². The smallest absolute Gasteiger partial charge is 0.322 e. The molecule has 0 aliphatic heterocycles. The van der Waals surface area contributed by atoms with E-state index in [0.717, 1.165) is 0 Å². The van der Waals surface area contributed by atoms with E-state index in [0.29, 0.717) is 0 Å². The summed E-state index contributed by atoms with van der Waals surface area (Å²) in [6, 6.07) is -2.27. The largest absolute Gasteiger partial charge is 0.480 e. The predicted octanol–water partition coefficient (Wildman–Crippen LogP) is -0.672. The lowest BCUT2D eigenvalue weighted by atomic mass is 10.1. The Kier molecular flexibility index (Phi) is 12.7. The highest BCUT2D eigenvalue weighted by Crippen LogP contribution is 2.16. The third kappa shape index (κ3) is 13.5. The molecule has 166 valence electrons. The molecule has 0 fully saturated rings. The van der Waals surface area contributed by atoms with Crippen molar-refractivity contribution in [1.29, 1.82) is 0 Å². The Morgan fingerprint density at radius 1 is 1.10 bits per heavy atom. The first-order chi connectivity index (χ1) is 13.4. The second-order valence-corrected chi connectivity index (χ2v) is 8.07. The van der Waals surface area contributed by atoms with Gasteiger partial charge in [0.05, 0.1) is 12.5 Å². The Bertz CT molecular complexity index is 599. The predicted molar refractivity (Wildman–Crippen MR) is 105 cm³/mol. The van der Waals surface area contributed by atoms with E-state index in [1.807, 2.05) is 0 Å². The number of nitrogens with one attached hydrogen (secondary N) is 2. The molecule has 0 aromatic rings. The summed E-state index contributed by atoms with van der Waals surface area (Å²) in [5, 5.41) is 21.8. The van der Waals surface area contributed by atoms with E-state index in [2.05, 4.69) is 10.6 Å². The normalized spacial score (nSPS) is 13.8. The Balaban J connectivity index is 4.77. The van der Waals surface area contributed by atoms with Crippen molar-refractivity contribution < 1.29 is 38.9 Å².